The summed E-state index contributed by atoms with van der Waals surface area (Å²) in [6.07, 6.45) is 0.675. The lowest BCUT2D eigenvalue weighted by Crippen LogP contribution is -2.26. The van der Waals surface area contributed by atoms with Crippen LogP contribution < -0.4 is 5.73 Å². The maximum atomic E-state index is 11.8. The number of rotatable bonds is 0. The molecule has 2 nitrogen and oxygen atoms in total. The summed E-state index contributed by atoms with van der Waals surface area (Å²) >= 11 is 0. The summed E-state index contributed by atoms with van der Waals surface area (Å²) in [6, 6.07) is 9.89. The van der Waals surface area contributed by atoms with Gasteiger partial charge in [-0.2, -0.15) is 0 Å². The Labute approximate surface area is 94.1 Å². The van der Waals surface area contributed by atoms with Gasteiger partial charge in [-0.3, -0.25) is 4.79 Å². The number of carbonyl (C=O) groups excluding carboxylic acids is 1. The molecule has 0 fully saturated rings. The summed E-state index contributed by atoms with van der Waals surface area (Å²) in [5.74, 6) is 0.0810. The van der Waals surface area contributed by atoms with Crippen LogP contribution in [0.2, 0.25) is 0 Å². The molecular weight excluding hydrogens is 198 g/mol. The van der Waals surface area contributed by atoms with Crippen LogP contribution in [-0.2, 0) is 6.42 Å². The molecule has 1 aliphatic rings. The molecule has 2 heteroatoms. The average molecular weight is 211 g/mol. The monoisotopic (exact) mass is 211 g/mol. The van der Waals surface area contributed by atoms with Crippen LogP contribution in [0.15, 0.2) is 30.3 Å². The van der Waals surface area contributed by atoms with Gasteiger partial charge in [0, 0.05) is 5.56 Å². The molecule has 1 unspecified atom stereocenters. The first-order chi connectivity index (χ1) is 7.66. The molecule has 2 aromatic carbocycles. The molecular formula is C14H13NO. The third-order valence-corrected chi connectivity index (χ3v) is 3.31. The number of Topliss-reactive ketones (excluding diaryl/α,β-unsaturated/α-hetero) is 1. The highest BCUT2D eigenvalue weighted by Gasteiger charge is 2.28. The largest absolute Gasteiger partial charge is 0.321 e. The Morgan fingerprint density at radius 2 is 2.06 bits per heavy atom. The third kappa shape index (κ3) is 1.20. The van der Waals surface area contributed by atoms with Crippen molar-refractivity contribution in [3.05, 3.63) is 47.0 Å². The number of hydrogen-bond donors (Lipinski definition) is 1. The van der Waals surface area contributed by atoms with E-state index in [0.717, 1.165) is 11.1 Å². The van der Waals surface area contributed by atoms with Gasteiger partial charge in [0.15, 0.2) is 5.78 Å². The Morgan fingerprint density at radius 3 is 2.88 bits per heavy atom. The molecule has 16 heavy (non-hydrogen) atoms. The number of carbonyl (C=O) groups is 1. The first-order valence-electron chi connectivity index (χ1n) is 5.49. The number of nitrogens with two attached hydrogens (primary N) is 1. The van der Waals surface area contributed by atoms with Gasteiger partial charge in [0.1, 0.15) is 0 Å². The molecule has 0 radical (unpaired) electrons. The first kappa shape index (κ1) is 9.55. The van der Waals surface area contributed by atoms with Crippen molar-refractivity contribution in [2.24, 2.45) is 5.73 Å². The standard InChI is InChI=1S/C14H13NO/c1-8-2-4-10-9(6-8)3-5-11-12(10)7-13(15)14(11)16/h2-6,13H,7,15H2,1H3. The SMILES string of the molecule is Cc1ccc2c3c(ccc2c1)C(=O)C(N)C3. The minimum atomic E-state index is -0.345. The summed E-state index contributed by atoms with van der Waals surface area (Å²) in [4.78, 5) is 11.8. The van der Waals surface area contributed by atoms with Crippen molar-refractivity contribution >= 4 is 16.6 Å². The summed E-state index contributed by atoms with van der Waals surface area (Å²) in [6.45, 7) is 2.07. The Kier molecular flexibility index (Phi) is 1.88. The van der Waals surface area contributed by atoms with Crippen LogP contribution in [0.5, 0.6) is 0 Å². The van der Waals surface area contributed by atoms with Crippen LogP contribution in [0.25, 0.3) is 10.8 Å². The van der Waals surface area contributed by atoms with Gasteiger partial charge in [-0.25, -0.2) is 0 Å². The van der Waals surface area contributed by atoms with E-state index in [1.165, 1.54) is 16.3 Å². The highest BCUT2D eigenvalue weighted by molar-refractivity contribution is 6.08. The molecule has 2 N–H and O–H groups in total. The molecule has 0 bridgehead atoms. The molecule has 0 saturated heterocycles. The fourth-order valence-electron chi connectivity index (χ4n) is 2.48. The van der Waals surface area contributed by atoms with Gasteiger partial charge >= 0.3 is 0 Å². The Morgan fingerprint density at radius 1 is 1.25 bits per heavy atom. The van der Waals surface area contributed by atoms with Crippen LogP contribution in [0, 0.1) is 6.92 Å². The lowest BCUT2D eigenvalue weighted by molar-refractivity contribution is 0.0974. The van der Waals surface area contributed by atoms with E-state index in [2.05, 4.69) is 25.1 Å². The minimum Gasteiger partial charge on any atom is -0.321 e. The maximum absolute atomic E-state index is 11.8. The number of benzene rings is 2. The average Bonchev–Trinajstić information content (AvgIpc) is 2.55. The fourth-order valence-corrected chi connectivity index (χ4v) is 2.48. The number of fused-ring (bicyclic) bond motifs is 3. The van der Waals surface area contributed by atoms with E-state index in [1.54, 1.807) is 0 Å². The van der Waals surface area contributed by atoms with Crippen LogP contribution in [0.3, 0.4) is 0 Å². The first-order valence-corrected chi connectivity index (χ1v) is 5.49. The molecule has 0 heterocycles. The number of aryl methyl sites for hydroxylation is 1. The molecule has 0 aromatic heterocycles. The molecule has 3 rings (SSSR count). The van der Waals surface area contributed by atoms with Gasteiger partial charge in [-0.05, 0) is 29.7 Å². The second-order valence-corrected chi connectivity index (χ2v) is 4.49. The van der Waals surface area contributed by atoms with Crippen LogP contribution in [0.1, 0.15) is 21.5 Å². The molecule has 1 aliphatic carbocycles. The molecule has 0 amide bonds. The van der Waals surface area contributed by atoms with E-state index >= 15 is 0 Å². The number of hydrogen-bond acceptors (Lipinski definition) is 2. The van der Waals surface area contributed by atoms with E-state index in [9.17, 15) is 4.79 Å². The van der Waals surface area contributed by atoms with E-state index in [-0.39, 0.29) is 11.8 Å². The summed E-state index contributed by atoms with van der Waals surface area (Å²) in [5.41, 5.74) is 8.97. The van der Waals surface area contributed by atoms with Crippen molar-refractivity contribution < 1.29 is 4.79 Å². The Balaban J connectivity index is 2.35. The van der Waals surface area contributed by atoms with Gasteiger partial charge in [0.25, 0.3) is 0 Å². The zero-order valence-corrected chi connectivity index (χ0v) is 9.16. The van der Waals surface area contributed by atoms with Crippen molar-refractivity contribution in [2.75, 3.05) is 0 Å². The maximum Gasteiger partial charge on any atom is 0.180 e. The van der Waals surface area contributed by atoms with Gasteiger partial charge in [-0.15, -0.1) is 0 Å². The minimum absolute atomic E-state index is 0.0810. The van der Waals surface area contributed by atoms with Crippen LogP contribution >= 0.6 is 0 Å². The predicted octanol–water partition coefficient (Wildman–Crippen LogP) is 2.21. The molecule has 0 saturated carbocycles. The second kappa shape index (κ2) is 3.16. The van der Waals surface area contributed by atoms with Crippen molar-refractivity contribution in [1.29, 1.82) is 0 Å². The summed E-state index contributed by atoms with van der Waals surface area (Å²) in [5, 5.41) is 2.37. The Bertz CT molecular complexity index is 601. The lowest BCUT2D eigenvalue weighted by atomic mass is 9.99. The van der Waals surface area contributed by atoms with Crippen molar-refractivity contribution in [3.8, 4) is 0 Å². The van der Waals surface area contributed by atoms with Crippen molar-refractivity contribution in [1.82, 2.24) is 0 Å². The quantitative estimate of drug-likeness (QED) is 0.726. The molecule has 0 spiro atoms. The molecule has 80 valence electrons. The van der Waals surface area contributed by atoms with Gasteiger partial charge in [-0.1, -0.05) is 35.9 Å². The zero-order valence-electron chi connectivity index (χ0n) is 9.16. The van der Waals surface area contributed by atoms with Gasteiger partial charge in [0.05, 0.1) is 6.04 Å². The predicted molar refractivity (Wildman–Crippen MR) is 64.7 cm³/mol. The zero-order chi connectivity index (χ0) is 11.3. The molecule has 1 atom stereocenters. The Hall–Kier alpha value is -1.67. The summed E-state index contributed by atoms with van der Waals surface area (Å²) in [7, 11) is 0. The number of ketones is 1. The van der Waals surface area contributed by atoms with E-state index in [1.807, 2.05) is 12.1 Å². The fraction of sp³-hybridized carbons (Fsp3) is 0.214. The van der Waals surface area contributed by atoms with Crippen molar-refractivity contribution in [2.45, 2.75) is 19.4 Å². The topological polar surface area (TPSA) is 43.1 Å². The lowest BCUT2D eigenvalue weighted by Gasteiger charge is -2.05. The van der Waals surface area contributed by atoms with E-state index in [4.69, 9.17) is 5.73 Å². The van der Waals surface area contributed by atoms with E-state index < -0.39 is 0 Å². The second-order valence-electron chi connectivity index (χ2n) is 4.49. The molecule has 2 aromatic rings. The highest BCUT2D eigenvalue weighted by atomic mass is 16.1. The normalized spacial score (nSPS) is 19.1. The van der Waals surface area contributed by atoms with Gasteiger partial charge < -0.3 is 5.73 Å². The highest BCUT2D eigenvalue weighted by Crippen LogP contribution is 2.29. The van der Waals surface area contributed by atoms with Crippen LogP contribution in [0.4, 0.5) is 0 Å². The van der Waals surface area contributed by atoms with Gasteiger partial charge in [0.2, 0.25) is 0 Å². The van der Waals surface area contributed by atoms with Crippen LogP contribution in [-0.4, -0.2) is 11.8 Å². The van der Waals surface area contributed by atoms with Crippen molar-refractivity contribution in [3.63, 3.8) is 0 Å². The van der Waals surface area contributed by atoms with E-state index in [0.29, 0.717) is 6.42 Å². The summed E-state index contributed by atoms with van der Waals surface area (Å²) < 4.78 is 0. The smallest absolute Gasteiger partial charge is 0.180 e. The molecule has 0 aliphatic heterocycles. The third-order valence-electron chi connectivity index (χ3n) is 3.31.